The predicted molar refractivity (Wildman–Crippen MR) is 204 cm³/mol. The minimum absolute atomic E-state index is 0.326. The Labute approximate surface area is 281 Å². The molecule has 8 aromatic rings. The molecule has 0 N–H and O–H groups in total. The van der Waals surface area contributed by atoms with Crippen LogP contribution in [0.3, 0.4) is 0 Å². The lowest BCUT2D eigenvalue weighted by Gasteiger charge is -2.27. The molecule has 0 aliphatic heterocycles. The monoisotopic (exact) mass is 614 g/mol. The lowest BCUT2D eigenvalue weighted by molar-refractivity contribution is 0.850. The van der Waals surface area contributed by atoms with E-state index in [-0.39, 0.29) is 0 Å². The highest BCUT2D eigenvalue weighted by Gasteiger charge is 2.19. The fourth-order valence-electron chi connectivity index (χ4n) is 7.36. The van der Waals surface area contributed by atoms with Gasteiger partial charge in [-0.3, -0.25) is 0 Å². The number of nitrogens with zero attached hydrogens (tertiary/aromatic N) is 2. The molecule has 228 valence electrons. The van der Waals surface area contributed by atoms with Gasteiger partial charge in [-0.1, -0.05) is 140 Å². The number of rotatable bonds is 6. The van der Waals surface area contributed by atoms with Gasteiger partial charge in [-0.15, -0.1) is 0 Å². The molecule has 0 radical (unpaired) electrons. The number of allylic oxidation sites excluding steroid dienone is 4. The van der Waals surface area contributed by atoms with E-state index in [4.69, 9.17) is 0 Å². The van der Waals surface area contributed by atoms with Crippen molar-refractivity contribution in [3.05, 3.63) is 194 Å². The summed E-state index contributed by atoms with van der Waals surface area (Å²) in [6.45, 7) is 0. The van der Waals surface area contributed by atoms with Gasteiger partial charge in [0.05, 0.1) is 16.7 Å². The number of para-hydroxylation sites is 2. The first kappa shape index (κ1) is 28.1. The molecule has 1 aliphatic rings. The van der Waals surface area contributed by atoms with Gasteiger partial charge in [-0.05, 0) is 77.0 Å². The zero-order chi connectivity index (χ0) is 31.9. The molecule has 48 heavy (non-hydrogen) atoms. The van der Waals surface area contributed by atoms with Crippen LogP contribution in [0.5, 0.6) is 0 Å². The van der Waals surface area contributed by atoms with Crippen LogP contribution in [0, 0.1) is 0 Å². The minimum Gasteiger partial charge on any atom is -0.310 e. The summed E-state index contributed by atoms with van der Waals surface area (Å²) in [5, 5.41) is 5.06. The molecule has 7 aromatic carbocycles. The van der Waals surface area contributed by atoms with Crippen LogP contribution >= 0.6 is 0 Å². The first-order chi connectivity index (χ1) is 23.8. The summed E-state index contributed by atoms with van der Waals surface area (Å²) in [5.74, 6) is 0.326. The second kappa shape index (κ2) is 11.9. The number of hydrogen-bond acceptors (Lipinski definition) is 1. The maximum absolute atomic E-state index is 2.41. The van der Waals surface area contributed by atoms with Crippen LogP contribution in [0.15, 0.2) is 188 Å². The second-order valence-electron chi connectivity index (χ2n) is 12.5. The Hall–Kier alpha value is -6.12. The van der Waals surface area contributed by atoms with Crippen LogP contribution in [0.25, 0.3) is 49.4 Å². The first-order valence-corrected chi connectivity index (χ1v) is 16.7. The normalized spacial score (nSPS) is 14.4. The van der Waals surface area contributed by atoms with Gasteiger partial charge in [0.25, 0.3) is 0 Å². The van der Waals surface area contributed by atoms with E-state index >= 15 is 0 Å². The molecular weight excluding hydrogens is 581 g/mol. The van der Waals surface area contributed by atoms with Crippen LogP contribution in [0.2, 0.25) is 0 Å². The van der Waals surface area contributed by atoms with Gasteiger partial charge >= 0.3 is 0 Å². The number of hydrogen-bond donors (Lipinski definition) is 0. The predicted octanol–water partition coefficient (Wildman–Crippen LogP) is 12.7. The molecule has 9 rings (SSSR count). The Morgan fingerprint density at radius 2 is 1.04 bits per heavy atom. The van der Waals surface area contributed by atoms with Crippen LogP contribution in [0.4, 0.5) is 17.1 Å². The molecule has 0 saturated carbocycles. The molecule has 2 heteroatoms. The van der Waals surface area contributed by atoms with Crippen molar-refractivity contribution < 1.29 is 0 Å². The molecule has 1 aliphatic carbocycles. The number of anilines is 3. The fourth-order valence-corrected chi connectivity index (χ4v) is 7.36. The van der Waals surface area contributed by atoms with E-state index in [9.17, 15) is 0 Å². The zero-order valence-corrected chi connectivity index (χ0v) is 26.6. The van der Waals surface area contributed by atoms with E-state index in [1.54, 1.807) is 0 Å². The van der Waals surface area contributed by atoms with Crippen molar-refractivity contribution in [3.8, 4) is 11.1 Å². The second-order valence-corrected chi connectivity index (χ2v) is 12.5. The molecule has 2 nitrogen and oxygen atoms in total. The number of benzene rings is 7. The summed E-state index contributed by atoms with van der Waals surface area (Å²) in [4.78, 5) is 2.39. The van der Waals surface area contributed by atoms with E-state index < -0.39 is 0 Å². The van der Waals surface area contributed by atoms with E-state index in [2.05, 4.69) is 198 Å². The molecule has 0 spiro atoms. The Balaban J connectivity index is 1.05. The fraction of sp³-hybridized carbons (Fsp3) is 0.0435. The molecule has 0 amide bonds. The zero-order valence-electron chi connectivity index (χ0n) is 26.6. The van der Waals surface area contributed by atoms with Gasteiger partial charge in [0, 0.05) is 39.1 Å². The Bertz CT molecular complexity index is 2410. The standard InChI is InChI=1S/C46H34N2/c1-2-11-33(12-3-1)34-21-27-38(28-22-34)47(44-20-10-14-37-13-4-5-15-41(37)44)39-29-23-35(24-30-39)36-25-31-40(32-26-36)48-45-18-8-6-16-42(45)43-17-7-9-19-46(43)48/h1-25,27-32,36H,26H2. The Morgan fingerprint density at radius 3 is 1.71 bits per heavy atom. The van der Waals surface area contributed by atoms with Crippen LogP contribution in [-0.2, 0) is 0 Å². The molecule has 0 bridgehead atoms. The van der Waals surface area contributed by atoms with Gasteiger partial charge in [0.1, 0.15) is 0 Å². The maximum Gasteiger partial charge on any atom is 0.0540 e. The number of fused-ring (bicyclic) bond motifs is 4. The highest BCUT2D eigenvalue weighted by Crippen LogP contribution is 2.41. The van der Waals surface area contributed by atoms with Crippen LogP contribution in [0.1, 0.15) is 17.9 Å². The van der Waals surface area contributed by atoms with E-state index in [0.29, 0.717) is 5.92 Å². The first-order valence-electron chi connectivity index (χ1n) is 16.7. The molecule has 1 aromatic heterocycles. The molecule has 0 saturated heterocycles. The summed E-state index contributed by atoms with van der Waals surface area (Å²) in [6.07, 6.45) is 8.03. The third kappa shape index (κ3) is 4.90. The van der Waals surface area contributed by atoms with Gasteiger partial charge in [0.2, 0.25) is 0 Å². The SMILES string of the molecule is C1=CC(c2ccc(N(c3ccc(-c4ccccc4)cc3)c3cccc4ccccc34)cc2)CC=C1n1c2ccccc2c2ccccc21. The lowest BCUT2D eigenvalue weighted by Crippen LogP contribution is -2.11. The summed E-state index contributed by atoms with van der Waals surface area (Å²) in [7, 11) is 0. The van der Waals surface area contributed by atoms with Gasteiger partial charge in [-0.2, -0.15) is 0 Å². The van der Waals surface area contributed by atoms with Crippen molar-refractivity contribution in [2.45, 2.75) is 12.3 Å². The van der Waals surface area contributed by atoms with Crippen molar-refractivity contribution in [2.24, 2.45) is 0 Å². The van der Waals surface area contributed by atoms with Crippen molar-refractivity contribution in [1.29, 1.82) is 0 Å². The molecule has 1 atom stereocenters. The third-order valence-corrected chi connectivity index (χ3v) is 9.74. The van der Waals surface area contributed by atoms with Gasteiger partial charge < -0.3 is 9.47 Å². The van der Waals surface area contributed by atoms with E-state index in [1.165, 1.54) is 60.7 Å². The lowest BCUT2D eigenvalue weighted by atomic mass is 9.91. The van der Waals surface area contributed by atoms with Crippen LogP contribution < -0.4 is 4.90 Å². The third-order valence-electron chi connectivity index (χ3n) is 9.74. The van der Waals surface area contributed by atoms with Crippen molar-refractivity contribution >= 4 is 55.3 Å². The van der Waals surface area contributed by atoms with Crippen LogP contribution in [-0.4, -0.2) is 4.57 Å². The Kier molecular flexibility index (Phi) is 6.98. The Morgan fingerprint density at radius 1 is 0.479 bits per heavy atom. The number of aromatic nitrogens is 1. The van der Waals surface area contributed by atoms with E-state index in [1.807, 2.05) is 0 Å². The highest BCUT2D eigenvalue weighted by molar-refractivity contribution is 6.10. The topological polar surface area (TPSA) is 8.17 Å². The summed E-state index contributed by atoms with van der Waals surface area (Å²) < 4.78 is 2.41. The minimum atomic E-state index is 0.326. The highest BCUT2D eigenvalue weighted by atomic mass is 15.1. The van der Waals surface area contributed by atoms with Crippen molar-refractivity contribution in [1.82, 2.24) is 4.57 Å². The summed E-state index contributed by atoms with van der Waals surface area (Å²) in [5.41, 5.74) is 11.0. The molecule has 1 unspecified atom stereocenters. The van der Waals surface area contributed by atoms with Gasteiger partial charge in [-0.25, -0.2) is 0 Å². The maximum atomic E-state index is 2.41. The summed E-state index contributed by atoms with van der Waals surface area (Å²) >= 11 is 0. The van der Waals surface area contributed by atoms with Crippen molar-refractivity contribution in [2.75, 3.05) is 4.90 Å². The quantitative estimate of drug-likeness (QED) is 0.181. The average molecular weight is 615 g/mol. The molecule has 1 heterocycles. The molecular formula is C46H34N2. The van der Waals surface area contributed by atoms with Gasteiger partial charge in [0.15, 0.2) is 0 Å². The largest absolute Gasteiger partial charge is 0.310 e. The average Bonchev–Trinajstić information content (AvgIpc) is 3.50. The molecule has 0 fully saturated rings. The smallest absolute Gasteiger partial charge is 0.0540 e. The van der Waals surface area contributed by atoms with Crippen molar-refractivity contribution in [3.63, 3.8) is 0 Å². The summed E-state index contributed by atoms with van der Waals surface area (Å²) in [6, 6.07) is 61.3. The van der Waals surface area contributed by atoms with E-state index in [0.717, 1.165) is 17.8 Å².